The molecule has 0 saturated carbocycles. The molecule has 1 aliphatic heterocycles. The van der Waals surface area contributed by atoms with E-state index in [4.69, 9.17) is 0 Å². The maximum atomic E-state index is 12.8. The number of carbonyl (C=O) groups is 1. The molecule has 3 aromatic heterocycles. The van der Waals surface area contributed by atoms with Crippen molar-refractivity contribution in [1.82, 2.24) is 29.6 Å². The summed E-state index contributed by atoms with van der Waals surface area (Å²) in [5.74, 6) is 0.613. The standard InChI is InChI=1S/C19H21N7OS/c1-13-12-22-19(28-13)24-18-17(20-9-10-21-18)15-4-3-11-26(15)16(27)6-5-14-7-8-23-25(14)2/h5-10,12,15H,3-4,11H2,1-2H3,(H,21,22,24)/b6-5+/t15-/m1/s1. The van der Waals surface area contributed by atoms with E-state index in [0.29, 0.717) is 12.4 Å². The summed E-state index contributed by atoms with van der Waals surface area (Å²) in [4.78, 5) is 29.1. The van der Waals surface area contributed by atoms with Gasteiger partial charge in [0, 0.05) is 49.3 Å². The van der Waals surface area contributed by atoms with Crippen LogP contribution in [0.4, 0.5) is 10.9 Å². The lowest BCUT2D eigenvalue weighted by Crippen LogP contribution is -2.30. The number of likely N-dealkylation sites (tertiary alicyclic amines) is 1. The molecule has 9 heteroatoms. The van der Waals surface area contributed by atoms with Crippen LogP contribution in [0.3, 0.4) is 0 Å². The molecule has 0 aliphatic carbocycles. The maximum Gasteiger partial charge on any atom is 0.247 e. The summed E-state index contributed by atoms with van der Waals surface area (Å²) in [5, 5.41) is 8.14. The van der Waals surface area contributed by atoms with E-state index < -0.39 is 0 Å². The average molecular weight is 395 g/mol. The maximum absolute atomic E-state index is 12.8. The van der Waals surface area contributed by atoms with Gasteiger partial charge in [0.15, 0.2) is 10.9 Å². The number of aromatic nitrogens is 5. The van der Waals surface area contributed by atoms with Crippen LogP contribution in [0.2, 0.25) is 0 Å². The lowest BCUT2D eigenvalue weighted by molar-refractivity contribution is -0.126. The third kappa shape index (κ3) is 3.79. The second-order valence-electron chi connectivity index (χ2n) is 6.59. The molecule has 28 heavy (non-hydrogen) atoms. The summed E-state index contributed by atoms with van der Waals surface area (Å²) in [5.41, 5.74) is 1.65. The van der Waals surface area contributed by atoms with Gasteiger partial charge in [0.1, 0.15) is 5.69 Å². The Balaban J connectivity index is 1.56. The third-order valence-electron chi connectivity index (χ3n) is 4.68. The Morgan fingerprint density at radius 2 is 2.14 bits per heavy atom. The van der Waals surface area contributed by atoms with Crippen LogP contribution in [0.1, 0.15) is 35.1 Å². The molecule has 3 aromatic rings. The first kappa shape index (κ1) is 18.3. The highest BCUT2D eigenvalue weighted by molar-refractivity contribution is 7.15. The van der Waals surface area contributed by atoms with Gasteiger partial charge in [-0.3, -0.25) is 14.5 Å². The molecule has 1 amide bonds. The van der Waals surface area contributed by atoms with Crippen molar-refractivity contribution in [2.75, 3.05) is 11.9 Å². The van der Waals surface area contributed by atoms with Crippen LogP contribution in [0, 0.1) is 6.92 Å². The van der Waals surface area contributed by atoms with Crippen LogP contribution >= 0.6 is 11.3 Å². The van der Waals surface area contributed by atoms with Crippen LogP contribution in [0.25, 0.3) is 6.08 Å². The molecule has 8 nitrogen and oxygen atoms in total. The van der Waals surface area contributed by atoms with Crippen LogP contribution in [-0.2, 0) is 11.8 Å². The summed E-state index contributed by atoms with van der Waals surface area (Å²) in [7, 11) is 1.85. The van der Waals surface area contributed by atoms with Crippen molar-refractivity contribution in [2.45, 2.75) is 25.8 Å². The first-order chi connectivity index (χ1) is 13.6. The van der Waals surface area contributed by atoms with Crippen molar-refractivity contribution < 1.29 is 4.79 Å². The molecule has 1 atom stereocenters. The fourth-order valence-electron chi connectivity index (χ4n) is 3.32. The van der Waals surface area contributed by atoms with Crippen LogP contribution < -0.4 is 5.32 Å². The van der Waals surface area contributed by atoms with Gasteiger partial charge in [-0.05, 0) is 31.9 Å². The highest BCUT2D eigenvalue weighted by atomic mass is 32.1. The molecule has 0 bridgehead atoms. The fourth-order valence-corrected chi connectivity index (χ4v) is 3.98. The Morgan fingerprint density at radius 3 is 2.89 bits per heavy atom. The van der Waals surface area contributed by atoms with Crippen LogP contribution in [-0.4, -0.2) is 42.1 Å². The molecule has 4 rings (SSSR count). The van der Waals surface area contributed by atoms with Gasteiger partial charge >= 0.3 is 0 Å². The number of aryl methyl sites for hydroxylation is 2. The lowest BCUT2D eigenvalue weighted by atomic mass is 10.1. The molecule has 0 unspecified atom stereocenters. The minimum absolute atomic E-state index is 0.0367. The van der Waals surface area contributed by atoms with Gasteiger partial charge in [0.2, 0.25) is 5.91 Å². The number of nitrogens with zero attached hydrogens (tertiary/aromatic N) is 6. The van der Waals surface area contributed by atoms with Gasteiger partial charge in [-0.25, -0.2) is 9.97 Å². The smallest absolute Gasteiger partial charge is 0.247 e. The zero-order chi connectivity index (χ0) is 19.5. The molecule has 1 fully saturated rings. The number of rotatable bonds is 5. The third-order valence-corrected chi connectivity index (χ3v) is 5.51. The largest absolute Gasteiger partial charge is 0.330 e. The zero-order valence-electron chi connectivity index (χ0n) is 15.7. The molecule has 0 radical (unpaired) electrons. The van der Waals surface area contributed by atoms with Gasteiger partial charge in [0.25, 0.3) is 0 Å². The molecule has 4 heterocycles. The van der Waals surface area contributed by atoms with E-state index in [9.17, 15) is 4.79 Å². The predicted molar refractivity (Wildman–Crippen MR) is 108 cm³/mol. The first-order valence-corrected chi connectivity index (χ1v) is 9.90. The minimum Gasteiger partial charge on any atom is -0.330 e. The summed E-state index contributed by atoms with van der Waals surface area (Å²) in [6, 6.07) is 1.76. The van der Waals surface area contributed by atoms with Crippen LogP contribution in [0.5, 0.6) is 0 Å². The van der Waals surface area contributed by atoms with E-state index in [0.717, 1.165) is 34.2 Å². The van der Waals surface area contributed by atoms with E-state index in [2.05, 4.69) is 25.4 Å². The number of hydrogen-bond acceptors (Lipinski definition) is 7. The monoisotopic (exact) mass is 395 g/mol. The summed E-state index contributed by atoms with van der Waals surface area (Å²) < 4.78 is 1.73. The van der Waals surface area contributed by atoms with Crippen LogP contribution in [0.15, 0.2) is 36.9 Å². The van der Waals surface area contributed by atoms with Crippen molar-refractivity contribution >= 4 is 34.3 Å². The normalized spacial score (nSPS) is 16.8. The van der Waals surface area contributed by atoms with E-state index in [1.807, 2.05) is 31.1 Å². The molecular weight excluding hydrogens is 374 g/mol. The number of carbonyl (C=O) groups excluding carboxylic acids is 1. The van der Waals surface area contributed by atoms with Crippen molar-refractivity contribution in [3.8, 4) is 0 Å². The molecule has 1 aliphatic rings. The summed E-state index contributed by atoms with van der Waals surface area (Å²) in [6.07, 6.45) is 12.0. The van der Waals surface area contributed by atoms with E-state index in [1.165, 1.54) is 0 Å². The quantitative estimate of drug-likeness (QED) is 0.668. The second kappa shape index (κ2) is 7.89. The van der Waals surface area contributed by atoms with Crippen molar-refractivity contribution in [1.29, 1.82) is 0 Å². The Bertz CT molecular complexity index is 1010. The molecule has 0 spiro atoms. The van der Waals surface area contributed by atoms with Gasteiger partial charge in [0.05, 0.1) is 11.7 Å². The first-order valence-electron chi connectivity index (χ1n) is 9.09. The van der Waals surface area contributed by atoms with Crippen molar-refractivity contribution in [3.63, 3.8) is 0 Å². The van der Waals surface area contributed by atoms with E-state index in [1.54, 1.807) is 46.8 Å². The van der Waals surface area contributed by atoms with E-state index >= 15 is 0 Å². The number of amides is 1. The number of nitrogens with one attached hydrogen (secondary N) is 1. The van der Waals surface area contributed by atoms with Gasteiger partial charge < -0.3 is 10.2 Å². The molecule has 1 saturated heterocycles. The van der Waals surface area contributed by atoms with E-state index in [-0.39, 0.29) is 11.9 Å². The fraction of sp³-hybridized carbons (Fsp3) is 0.316. The van der Waals surface area contributed by atoms with Crippen molar-refractivity contribution in [3.05, 3.63) is 53.2 Å². The topological polar surface area (TPSA) is 88.8 Å². The Morgan fingerprint density at radius 1 is 1.29 bits per heavy atom. The zero-order valence-corrected chi connectivity index (χ0v) is 16.6. The molecule has 1 N–H and O–H groups in total. The number of thiazole rings is 1. The van der Waals surface area contributed by atoms with Gasteiger partial charge in [-0.1, -0.05) is 0 Å². The number of hydrogen-bond donors (Lipinski definition) is 1. The van der Waals surface area contributed by atoms with Crippen molar-refractivity contribution in [2.24, 2.45) is 7.05 Å². The SMILES string of the molecule is Cc1cnc(Nc2nccnc2[C@H]2CCCN2C(=O)/C=C/c2ccnn2C)s1. The minimum atomic E-state index is -0.110. The Kier molecular flexibility index (Phi) is 5.16. The highest BCUT2D eigenvalue weighted by Crippen LogP contribution is 2.35. The molecule has 0 aromatic carbocycles. The molecular formula is C19H21N7OS. The molecule has 144 valence electrons. The average Bonchev–Trinajstić information content (AvgIpc) is 3.42. The van der Waals surface area contributed by atoms with Gasteiger partial charge in [-0.2, -0.15) is 5.10 Å². The summed E-state index contributed by atoms with van der Waals surface area (Å²) in [6.45, 7) is 2.71. The number of anilines is 2. The van der Waals surface area contributed by atoms with Gasteiger partial charge in [-0.15, -0.1) is 11.3 Å². The summed E-state index contributed by atoms with van der Waals surface area (Å²) >= 11 is 1.56. The second-order valence-corrected chi connectivity index (χ2v) is 7.83. The Labute approximate surface area is 167 Å². The Hall–Kier alpha value is -3.07. The predicted octanol–water partition coefficient (Wildman–Crippen LogP) is 3.10. The lowest BCUT2D eigenvalue weighted by Gasteiger charge is -2.24. The highest BCUT2D eigenvalue weighted by Gasteiger charge is 2.32.